The number of nitrogens with zero attached hydrogens (tertiary/aromatic N) is 1. The van der Waals surface area contributed by atoms with Gasteiger partial charge in [0.15, 0.2) is 0 Å². The van der Waals surface area contributed by atoms with E-state index >= 15 is 0 Å². The molecule has 0 saturated carbocycles. The fraction of sp³-hybridized carbons (Fsp3) is 0.692. The molecule has 0 saturated heterocycles. The number of hydrogen-bond donors (Lipinski definition) is 1. The highest BCUT2D eigenvalue weighted by Crippen LogP contribution is 2.05. The molecule has 1 N–H and O–H groups in total. The minimum absolute atomic E-state index is 0.722. The Bertz CT molecular complexity index is 281. The summed E-state index contributed by atoms with van der Waals surface area (Å²) in [6.07, 6.45) is 5.61. The van der Waals surface area contributed by atoms with E-state index in [4.69, 9.17) is 0 Å². The van der Waals surface area contributed by atoms with Crippen LogP contribution in [0.1, 0.15) is 26.0 Å². The minimum atomic E-state index is 0.722. The van der Waals surface area contributed by atoms with E-state index in [2.05, 4.69) is 48.3 Å². The van der Waals surface area contributed by atoms with Gasteiger partial charge in [-0.15, -0.1) is 0 Å². The van der Waals surface area contributed by atoms with Gasteiger partial charge in [-0.25, -0.2) is 0 Å². The molecule has 92 valence electrons. The van der Waals surface area contributed by atoms with Gasteiger partial charge in [-0.05, 0) is 43.0 Å². The van der Waals surface area contributed by atoms with Crippen LogP contribution in [0.15, 0.2) is 18.3 Å². The zero-order valence-electron chi connectivity index (χ0n) is 10.7. The van der Waals surface area contributed by atoms with E-state index in [0.717, 1.165) is 25.6 Å². The molecule has 0 fully saturated rings. The number of rotatable bonds is 8. The molecule has 0 radical (unpaired) electrons. The highest BCUT2D eigenvalue weighted by Gasteiger charge is 2.00. The Hall–Kier alpha value is -0.410. The quantitative estimate of drug-likeness (QED) is 0.704. The van der Waals surface area contributed by atoms with Gasteiger partial charge in [0.05, 0.1) is 0 Å². The predicted octanol–water partition coefficient (Wildman–Crippen LogP) is 2.99. The summed E-state index contributed by atoms with van der Waals surface area (Å²) in [4.78, 5) is 0. The number of nitrogens with one attached hydrogen (secondary N) is 1. The predicted molar refractivity (Wildman–Crippen MR) is 74.0 cm³/mol. The van der Waals surface area contributed by atoms with Crippen molar-refractivity contribution >= 4 is 11.8 Å². The Balaban J connectivity index is 2.32. The van der Waals surface area contributed by atoms with Crippen LogP contribution in [0.5, 0.6) is 0 Å². The fourth-order valence-corrected chi connectivity index (χ4v) is 2.11. The third-order valence-corrected chi connectivity index (χ3v) is 3.23. The first kappa shape index (κ1) is 13.7. The van der Waals surface area contributed by atoms with Crippen LogP contribution in [0.2, 0.25) is 0 Å². The lowest BCUT2D eigenvalue weighted by Gasteiger charge is -2.11. The average molecular weight is 240 g/mol. The molecule has 1 heterocycles. The van der Waals surface area contributed by atoms with Crippen LogP contribution in [0.25, 0.3) is 0 Å². The van der Waals surface area contributed by atoms with Crippen molar-refractivity contribution < 1.29 is 0 Å². The molecular formula is C13H24N2S. The number of aryl methyl sites for hydroxylation is 1. The molecular weight excluding hydrogens is 216 g/mol. The first-order chi connectivity index (χ1) is 7.74. The van der Waals surface area contributed by atoms with E-state index in [1.807, 2.05) is 11.8 Å². The van der Waals surface area contributed by atoms with E-state index in [1.54, 1.807) is 0 Å². The van der Waals surface area contributed by atoms with Gasteiger partial charge in [0.1, 0.15) is 0 Å². The van der Waals surface area contributed by atoms with E-state index < -0.39 is 0 Å². The molecule has 16 heavy (non-hydrogen) atoms. The van der Waals surface area contributed by atoms with E-state index in [1.165, 1.54) is 17.9 Å². The second kappa shape index (κ2) is 7.80. The van der Waals surface area contributed by atoms with Crippen LogP contribution in [0.3, 0.4) is 0 Å². The van der Waals surface area contributed by atoms with Crippen LogP contribution in [-0.4, -0.2) is 23.1 Å². The molecule has 0 aliphatic rings. The zero-order valence-corrected chi connectivity index (χ0v) is 11.5. The van der Waals surface area contributed by atoms with Crippen molar-refractivity contribution in [3.8, 4) is 0 Å². The monoisotopic (exact) mass is 240 g/mol. The Morgan fingerprint density at radius 2 is 2.25 bits per heavy atom. The second-order valence-electron chi connectivity index (χ2n) is 4.56. The largest absolute Gasteiger partial charge is 0.350 e. The SMILES string of the molecule is CSCCCn1cccc1CNCC(C)C. The number of thioether (sulfide) groups is 1. The molecule has 3 heteroatoms. The normalized spacial score (nSPS) is 11.2. The first-order valence-electron chi connectivity index (χ1n) is 6.07. The summed E-state index contributed by atoms with van der Waals surface area (Å²) in [5, 5.41) is 3.49. The summed E-state index contributed by atoms with van der Waals surface area (Å²) in [7, 11) is 0. The Kier molecular flexibility index (Phi) is 6.65. The second-order valence-corrected chi connectivity index (χ2v) is 5.55. The molecule has 0 aromatic carbocycles. The van der Waals surface area contributed by atoms with Crippen molar-refractivity contribution in [2.45, 2.75) is 33.4 Å². The summed E-state index contributed by atoms with van der Waals surface area (Å²) in [5.41, 5.74) is 1.40. The van der Waals surface area contributed by atoms with Crippen LogP contribution >= 0.6 is 11.8 Å². The highest BCUT2D eigenvalue weighted by atomic mass is 32.2. The molecule has 0 amide bonds. The lowest BCUT2D eigenvalue weighted by Crippen LogP contribution is -2.20. The molecule has 0 atom stereocenters. The standard InChI is InChI=1S/C13H24N2S/c1-12(2)10-14-11-13-6-4-7-15(13)8-5-9-16-3/h4,6-7,12,14H,5,8-11H2,1-3H3. The first-order valence-corrected chi connectivity index (χ1v) is 7.47. The molecule has 1 aromatic rings. The Morgan fingerprint density at radius 3 is 2.94 bits per heavy atom. The third-order valence-electron chi connectivity index (χ3n) is 2.53. The van der Waals surface area contributed by atoms with Gasteiger partial charge in [-0.1, -0.05) is 13.8 Å². The zero-order chi connectivity index (χ0) is 11.8. The highest BCUT2D eigenvalue weighted by molar-refractivity contribution is 7.98. The topological polar surface area (TPSA) is 17.0 Å². The van der Waals surface area contributed by atoms with Crippen molar-refractivity contribution in [2.24, 2.45) is 5.92 Å². The maximum atomic E-state index is 3.49. The summed E-state index contributed by atoms with van der Waals surface area (Å²) in [5.74, 6) is 1.97. The Labute approximate surface area is 104 Å². The summed E-state index contributed by atoms with van der Waals surface area (Å²) >= 11 is 1.92. The molecule has 0 spiro atoms. The number of aromatic nitrogens is 1. The van der Waals surface area contributed by atoms with Gasteiger partial charge < -0.3 is 9.88 Å². The van der Waals surface area contributed by atoms with Gasteiger partial charge in [-0.2, -0.15) is 11.8 Å². The van der Waals surface area contributed by atoms with Crippen LogP contribution in [-0.2, 0) is 13.1 Å². The lowest BCUT2D eigenvalue weighted by molar-refractivity contribution is 0.533. The van der Waals surface area contributed by atoms with Crippen molar-refractivity contribution in [1.29, 1.82) is 0 Å². The van der Waals surface area contributed by atoms with Crippen LogP contribution in [0.4, 0.5) is 0 Å². The number of hydrogen-bond acceptors (Lipinski definition) is 2. The van der Waals surface area contributed by atoms with Crippen LogP contribution < -0.4 is 5.32 Å². The maximum Gasteiger partial charge on any atom is 0.0359 e. The smallest absolute Gasteiger partial charge is 0.0359 e. The minimum Gasteiger partial charge on any atom is -0.350 e. The van der Waals surface area contributed by atoms with E-state index in [0.29, 0.717) is 0 Å². The van der Waals surface area contributed by atoms with Crippen molar-refractivity contribution in [3.63, 3.8) is 0 Å². The van der Waals surface area contributed by atoms with E-state index in [-0.39, 0.29) is 0 Å². The van der Waals surface area contributed by atoms with Gasteiger partial charge in [0.25, 0.3) is 0 Å². The fourth-order valence-electron chi connectivity index (χ4n) is 1.70. The summed E-state index contributed by atoms with van der Waals surface area (Å²) in [6.45, 7) is 7.71. The van der Waals surface area contributed by atoms with Gasteiger partial charge in [0, 0.05) is 25.0 Å². The molecule has 0 aliphatic carbocycles. The molecule has 2 nitrogen and oxygen atoms in total. The molecule has 0 aliphatic heterocycles. The average Bonchev–Trinajstić information content (AvgIpc) is 2.66. The van der Waals surface area contributed by atoms with Gasteiger partial charge in [-0.3, -0.25) is 0 Å². The molecule has 1 rings (SSSR count). The lowest BCUT2D eigenvalue weighted by atomic mass is 10.2. The summed E-state index contributed by atoms with van der Waals surface area (Å²) < 4.78 is 2.36. The van der Waals surface area contributed by atoms with E-state index in [9.17, 15) is 0 Å². The van der Waals surface area contributed by atoms with Crippen molar-refractivity contribution in [2.75, 3.05) is 18.6 Å². The van der Waals surface area contributed by atoms with Crippen molar-refractivity contribution in [3.05, 3.63) is 24.0 Å². The van der Waals surface area contributed by atoms with Crippen molar-refractivity contribution in [1.82, 2.24) is 9.88 Å². The van der Waals surface area contributed by atoms with Crippen LogP contribution in [0, 0.1) is 5.92 Å². The molecule has 1 aromatic heterocycles. The molecule has 0 bridgehead atoms. The third kappa shape index (κ3) is 5.08. The Morgan fingerprint density at radius 1 is 1.44 bits per heavy atom. The maximum absolute atomic E-state index is 3.49. The molecule has 0 unspecified atom stereocenters. The van der Waals surface area contributed by atoms with Gasteiger partial charge >= 0.3 is 0 Å². The van der Waals surface area contributed by atoms with Gasteiger partial charge in [0.2, 0.25) is 0 Å². The summed E-state index contributed by atoms with van der Waals surface area (Å²) in [6, 6.07) is 4.36.